The number of aromatic nitrogens is 2. The second-order valence-electron chi connectivity index (χ2n) is 7.25. The molecule has 1 aromatic heterocycles. The number of primary amides is 1. The number of halogens is 1. The van der Waals surface area contributed by atoms with E-state index in [2.05, 4.69) is 49.9 Å². The van der Waals surface area contributed by atoms with Gasteiger partial charge in [0.2, 0.25) is 5.91 Å². The summed E-state index contributed by atoms with van der Waals surface area (Å²) in [5.41, 5.74) is 7.60. The minimum Gasteiger partial charge on any atom is -0.370 e. The second-order valence-corrected chi connectivity index (χ2v) is 7.25. The molecule has 1 unspecified atom stereocenters. The van der Waals surface area contributed by atoms with Crippen molar-refractivity contribution in [2.75, 3.05) is 26.7 Å². The molecule has 1 amide bonds. The number of hydrogen-bond acceptors (Lipinski definition) is 3. The van der Waals surface area contributed by atoms with Crippen LogP contribution in [0.1, 0.15) is 31.5 Å². The molecule has 0 aliphatic carbocycles. The number of aliphatic imine (C=N–C) groups is 1. The molecule has 28 heavy (non-hydrogen) atoms. The van der Waals surface area contributed by atoms with Crippen LogP contribution in [0, 0.1) is 12.8 Å². The average Bonchev–Trinajstić information content (AvgIpc) is 2.97. The van der Waals surface area contributed by atoms with Gasteiger partial charge < -0.3 is 20.5 Å². The lowest BCUT2D eigenvalue weighted by molar-refractivity contribution is -0.119. The molecule has 0 saturated carbocycles. The van der Waals surface area contributed by atoms with Crippen molar-refractivity contribution >= 4 is 46.9 Å². The van der Waals surface area contributed by atoms with Crippen LogP contribution in [-0.4, -0.2) is 53.0 Å². The van der Waals surface area contributed by atoms with Gasteiger partial charge in [0.25, 0.3) is 0 Å². The minimum absolute atomic E-state index is 0. The number of nitrogens with zero attached hydrogens (tertiary/aromatic N) is 4. The summed E-state index contributed by atoms with van der Waals surface area (Å²) in [6.07, 6.45) is 3.57. The molecular weight excluding hydrogens is 467 g/mol. The largest absolute Gasteiger partial charge is 0.370 e. The van der Waals surface area contributed by atoms with Crippen molar-refractivity contribution in [3.05, 3.63) is 30.1 Å². The zero-order valence-corrected chi connectivity index (χ0v) is 19.1. The van der Waals surface area contributed by atoms with Crippen molar-refractivity contribution in [1.29, 1.82) is 0 Å². The number of imidazole rings is 1. The Labute approximate surface area is 183 Å². The Morgan fingerprint density at radius 3 is 2.93 bits per heavy atom. The van der Waals surface area contributed by atoms with Crippen molar-refractivity contribution in [2.45, 2.75) is 39.2 Å². The van der Waals surface area contributed by atoms with Crippen LogP contribution in [0.5, 0.6) is 0 Å². The number of guanidine groups is 1. The Bertz CT molecular complexity index is 818. The number of piperidine rings is 1. The monoisotopic (exact) mass is 498 g/mol. The highest BCUT2D eigenvalue weighted by atomic mass is 127. The second kappa shape index (κ2) is 10.6. The molecular formula is C20H31IN6O. The van der Waals surface area contributed by atoms with Crippen LogP contribution in [0.4, 0.5) is 0 Å². The van der Waals surface area contributed by atoms with E-state index >= 15 is 0 Å². The quantitative estimate of drug-likeness (QED) is 0.277. The summed E-state index contributed by atoms with van der Waals surface area (Å²) in [6.45, 7) is 5.63. The van der Waals surface area contributed by atoms with Crippen LogP contribution in [0.3, 0.4) is 0 Å². The zero-order chi connectivity index (χ0) is 19.2. The number of aryl methyl sites for hydroxylation is 2. The maximum Gasteiger partial charge on any atom is 0.217 e. The van der Waals surface area contributed by atoms with Crippen LogP contribution >= 0.6 is 24.0 Å². The highest BCUT2D eigenvalue weighted by Crippen LogP contribution is 2.19. The van der Waals surface area contributed by atoms with Gasteiger partial charge in [0, 0.05) is 39.6 Å². The standard InChI is InChI=1S/C20H30N6O.HI/c1-15-24-17-8-3-4-9-18(17)26(15)12-6-10-23-20(22-2)25-11-5-7-16(14-25)13-19(21)27;/h3-4,8-9,16H,5-7,10-14H2,1-2H3,(H2,21,27)(H,22,23);1H. The number of benzene rings is 1. The topological polar surface area (TPSA) is 88.5 Å². The van der Waals surface area contributed by atoms with Crippen molar-refractivity contribution in [3.63, 3.8) is 0 Å². The Hall–Kier alpha value is -1.84. The molecule has 7 nitrogen and oxygen atoms in total. The lowest BCUT2D eigenvalue weighted by atomic mass is 9.95. The maximum absolute atomic E-state index is 11.2. The van der Waals surface area contributed by atoms with E-state index in [1.54, 1.807) is 0 Å². The molecule has 1 saturated heterocycles. The van der Waals surface area contributed by atoms with Crippen molar-refractivity contribution < 1.29 is 4.79 Å². The first-order chi connectivity index (χ1) is 13.1. The molecule has 154 valence electrons. The van der Waals surface area contributed by atoms with Gasteiger partial charge >= 0.3 is 0 Å². The fourth-order valence-electron chi connectivity index (χ4n) is 3.96. The van der Waals surface area contributed by atoms with Crippen molar-refractivity contribution in [3.8, 4) is 0 Å². The van der Waals surface area contributed by atoms with E-state index in [4.69, 9.17) is 5.73 Å². The van der Waals surface area contributed by atoms with Crippen LogP contribution in [0.25, 0.3) is 11.0 Å². The summed E-state index contributed by atoms with van der Waals surface area (Å²) >= 11 is 0. The van der Waals surface area contributed by atoms with Gasteiger partial charge in [-0.2, -0.15) is 0 Å². The number of fused-ring (bicyclic) bond motifs is 1. The number of carbonyl (C=O) groups excluding carboxylic acids is 1. The minimum atomic E-state index is -0.215. The molecule has 3 N–H and O–H groups in total. The van der Waals surface area contributed by atoms with E-state index in [0.29, 0.717) is 12.3 Å². The van der Waals surface area contributed by atoms with Crippen molar-refractivity contribution in [1.82, 2.24) is 19.8 Å². The zero-order valence-electron chi connectivity index (χ0n) is 16.7. The fraction of sp³-hybridized carbons (Fsp3) is 0.550. The molecule has 2 heterocycles. The summed E-state index contributed by atoms with van der Waals surface area (Å²) in [5, 5.41) is 3.47. The molecule has 1 atom stereocenters. The van der Waals surface area contributed by atoms with Crippen LogP contribution in [0.15, 0.2) is 29.3 Å². The van der Waals surface area contributed by atoms with Gasteiger partial charge in [0.15, 0.2) is 5.96 Å². The van der Waals surface area contributed by atoms with E-state index in [1.807, 2.05) is 13.1 Å². The SMILES string of the molecule is CN=C(NCCCn1c(C)nc2ccccc21)N1CCCC(CC(N)=O)C1.I. The molecule has 0 radical (unpaired) electrons. The number of carbonyl (C=O) groups is 1. The Morgan fingerprint density at radius 2 is 2.18 bits per heavy atom. The van der Waals surface area contributed by atoms with Crippen LogP contribution < -0.4 is 11.1 Å². The molecule has 1 fully saturated rings. The smallest absolute Gasteiger partial charge is 0.217 e. The summed E-state index contributed by atoms with van der Waals surface area (Å²) in [5.74, 6) is 2.07. The first-order valence-electron chi connectivity index (χ1n) is 9.74. The summed E-state index contributed by atoms with van der Waals surface area (Å²) in [4.78, 5) is 22.5. The highest BCUT2D eigenvalue weighted by Gasteiger charge is 2.23. The lowest BCUT2D eigenvalue weighted by Crippen LogP contribution is -2.47. The van der Waals surface area contributed by atoms with Gasteiger partial charge in [-0.3, -0.25) is 9.79 Å². The van der Waals surface area contributed by atoms with Gasteiger partial charge in [-0.05, 0) is 44.2 Å². The van der Waals surface area contributed by atoms with Gasteiger partial charge in [-0.1, -0.05) is 12.1 Å². The number of amides is 1. The highest BCUT2D eigenvalue weighted by molar-refractivity contribution is 14.0. The molecule has 1 aromatic carbocycles. The van der Waals surface area contributed by atoms with Gasteiger partial charge in [0.05, 0.1) is 11.0 Å². The maximum atomic E-state index is 11.2. The third kappa shape index (κ3) is 5.59. The fourth-order valence-corrected chi connectivity index (χ4v) is 3.96. The van der Waals surface area contributed by atoms with E-state index in [-0.39, 0.29) is 29.9 Å². The first kappa shape index (κ1) is 22.4. The average molecular weight is 498 g/mol. The van der Waals surface area contributed by atoms with Crippen LogP contribution in [0.2, 0.25) is 0 Å². The Morgan fingerprint density at radius 1 is 1.39 bits per heavy atom. The molecule has 3 rings (SSSR count). The number of nitrogens with one attached hydrogen (secondary N) is 1. The Balaban J connectivity index is 0.00000280. The summed E-state index contributed by atoms with van der Waals surface area (Å²) < 4.78 is 2.27. The number of likely N-dealkylation sites (tertiary alicyclic amines) is 1. The first-order valence-corrected chi connectivity index (χ1v) is 9.74. The normalized spacial score (nSPS) is 17.4. The third-order valence-electron chi connectivity index (χ3n) is 5.21. The van der Waals surface area contributed by atoms with E-state index in [9.17, 15) is 4.79 Å². The number of hydrogen-bond donors (Lipinski definition) is 2. The van der Waals surface area contributed by atoms with Crippen LogP contribution in [-0.2, 0) is 11.3 Å². The van der Waals surface area contributed by atoms with Gasteiger partial charge in [-0.25, -0.2) is 4.98 Å². The molecule has 0 spiro atoms. The van der Waals surface area contributed by atoms with Crippen molar-refractivity contribution in [2.24, 2.45) is 16.6 Å². The number of nitrogens with two attached hydrogens (primary N) is 1. The molecule has 1 aliphatic heterocycles. The van der Waals surface area contributed by atoms with E-state index in [1.165, 1.54) is 5.52 Å². The molecule has 8 heteroatoms. The van der Waals surface area contributed by atoms with Gasteiger partial charge in [0.1, 0.15) is 5.82 Å². The molecule has 2 aromatic rings. The summed E-state index contributed by atoms with van der Waals surface area (Å²) in [7, 11) is 1.81. The molecule has 0 bridgehead atoms. The predicted octanol–water partition coefficient (Wildman–Crippen LogP) is 2.52. The van der Waals surface area contributed by atoms with E-state index in [0.717, 1.165) is 62.7 Å². The predicted molar refractivity (Wildman–Crippen MR) is 124 cm³/mol. The lowest BCUT2D eigenvalue weighted by Gasteiger charge is -2.34. The summed E-state index contributed by atoms with van der Waals surface area (Å²) in [6, 6.07) is 8.25. The number of para-hydroxylation sites is 2. The third-order valence-corrected chi connectivity index (χ3v) is 5.21. The Kier molecular flexibility index (Phi) is 8.53. The van der Waals surface area contributed by atoms with E-state index < -0.39 is 0 Å². The van der Waals surface area contributed by atoms with Gasteiger partial charge in [-0.15, -0.1) is 24.0 Å². The molecule has 1 aliphatic rings. The number of rotatable bonds is 6.